The van der Waals surface area contributed by atoms with Crippen LogP contribution in [0.1, 0.15) is 96.6 Å². The van der Waals surface area contributed by atoms with Gasteiger partial charge in [-0.2, -0.15) is 0 Å². The SMILES string of the molecule is CCn1c(-c2cccnc2[C@H](C)OC)c2c3cc(ccc31)-c1cc(O)cc(c1)C[C@H](NC(=O)C(C(C)C)N(C)C(=O)C13CCC(CO1)C3)C(=O)N1CCC[C@H](N1)C(=O)OCC(C)(C)C2. The Balaban J connectivity index is 1.22. The number of hydrazine groups is 1. The van der Waals surface area contributed by atoms with Crippen molar-refractivity contribution >= 4 is 34.6 Å². The van der Waals surface area contributed by atoms with Crippen LogP contribution in [0.3, 0.4) is 0 Å². The van der Waals surface area contributed by atoms with Crippen LogP contribution in [-0.2, 0) is 52.8 Å². The highest BCUT2D eigenvalue weighted by atomic mass is 16.5. The summed E-state index contributed by atoms with van der Waals surface area (Å²) in [6.45, 7) is 13.7. The molecular formula is C50H64N6O8. The molecule has 8 rings (SSSR count). The molecule has 14 nitrogen and oxygen atoms in total. The molecule has 64 heavy (non-hydrogen) atoms. The largest absolute Gasteiger partial charge is 0.508 e. The van der Waals surface area contributed by atoms with Gasteiger partial charge >= 0.3 is 5.97 Å². The first-order chi connectivity index (χ1) is 30.5. The summed E-state index contributed by atoms with van der Waals surface area (Å²) >= 11 is 0. The molecule has 3 amide bonds. The lowest BCUT2D eigenvalue weighted by molar-refractivity contribution is -0.159. The standard InChI is InChI=1S/C50H64N6O8/c1-9-55-41-15-14-33-24-37(41)38(44(55)36-12-10-18-51-42(36)30(4)62-8)26-49(5,6)28-63-47(60)39-13-11-19-56(53-39)46(59)40(22-32-20-34(33)23-35(57)21-32)52-45(58)43(29(2)3)54(7)48(61)50-17-16-31(25-50)27-64-50/h10,12,14-15,18,20-21,23-24,29-31,39-40,43,53,57H,9,11,13,16-17,19,22,25-28H2,1-8H3,(H,52,58)/t30-,31?,39-,40-,43?,50?/m0/s1. The lowest BCUT2D eigenvalue weighted by atomic mass is 9.84. The van der Waals surface area contributed by atoms with E-state index < -0.39 is 46.9 Å². The number of aromatic nitrogens is 2. The third kappa shape index (κ3) is 8.64. The first kappa shape index (κ1) is 45.3. The molecule has 14 heteroatoms. The lowest BCUT2D eigenvalue weighted by Crippen LogP contribution is -2.62. The van der Waals surface area contributed by atoms with E-state index in [1.807, 2.05) is 39.0 Å². The molecule has 342 valence electrons. The molecular weight excluding hydrogens is 813 g/mol. The van der Waals surface area contributed by atoms with Gasteiger partial charge in [0.1, 0.15) is 29.5 Å². The molecule has 8 bridgehead atoms. The summed E-state index contributed by atoms with van der Waals surface area (Å²) in [5.74, 6) is -1.54. The van der Waals surface area contributed by atoms with Crippen molar-refractivity contribution in [2.45, 2.75) is 123 Å². The second kappa shape index (κ2) is 17.9. The maximum atomic E-state index is 14.7. The Hall–Kier alpha value is -5.31. The number of esters is 1. The molecule has 3 aliphatic heterocycles. The number of hydrogen-bond acceptors (Lipinski definition) is 10. The van der Waals surface area contributed by atoms with Gasteiger partial charge in [0.15, 0.2) is 0 Å². The van der Waals surface area contributed by atoms with Crippen molar-refractivity contribution in [2.75, 3.05) is 33.9 Å². The van der Waals surface area contributed by atoms with E-state index in [1.165, 1.54) is 9.91 Å². The van der Waals surface area contributed by atoms with Gasteiger partial charge in [-0.15, -0.1) is 0 Å². The summed E-state index contributed by atoms with van der Waals surface area (Å²) in [6.07, 6.45) is 5.26. The number of benzene rings is 2. The number of carbonyl (C=O) groups is 4. The minimum absolute atomic E-state index is 0.0104. The number of phenols is 1. The van der Waals surface area contributed by atoms with Crippen LogP contribution in [-0.4, -0.2) is 106 Å². The second-order valence-electron chi connectivity index (χ2n) is 19.6. The molecule has 3 N–H and O–H groups in total. The fraction of sp³-hybridized carbons (Fsp3) is 0.540. The van der Waals surface area contributed by atoms with Gasteiger partial charge in [-0.25, -0.2) is 5.43 Å². The summed E-state index contributed by atoms with van der Waals surface area (Å²) in [5.41, 5.74) is 8.78. The summed E-state index contributed by atoms with van der Waals surface area (Å²) in [7, 11) is 3.32. The lowest BCUT2D eigenvalue weighted by Gasteiger charge is -2.38. The van der Waals surface area contributed by atoms with Gasteiger partial charge in [0.25, 0.3) is 11.8 Å². The van der Waals surface area contributed by atoms with Gasteiger partial charge in [0.2, 0.25) is 5.91 Å². The highest BCUT2D eigenvalue weighted by molar-refractivity contribution is 5.96. The van der Waals surface area contributed by atoms with Crippen molar-refractivity contribution in [1.82, 2.24) is 30.2 Å². The third-order valence-electron chi connectivity index (χ3n) is 13.9. The molecule has 3 unspecified atom stereocenters. The number of fused-ring (bicyclic) bond motifs is 8. The van der Waals surface area contributed by atoms with E-state index in [1.54, 1.807) is 32.5 Å². The van der Waals surface area contributed by atoms with Crippen LogP contribution >= 0.6 is 0 Å². The molecule has 0 spiro atoms. The summed E-state index contributed by atoms with van der Waals surface area (Å²) in [5, 5.41) is 16.8. The van der Waals surface area contributed by atoms with E-state index in [9.17, 15) is 24.3 Å². The van der Waals surface area contributed by atoms with Crippen LogP contribution in [0.4, 0.5) is 0 Å². The number of nitrogens with one attached hydrogen (secondary N) is 2. The van der Waals surface area contributed by atoms with Gasteiger partial charge in [-0.1, -0.05) is 39.8 Å². The van der Waals surface area contributed by atoms with Crippen LogP contribution in [0.15, 0.2) is 54.7 Å². The molecule has 2 saturated heterocycles. The number of carbonyl (C=O) groups excluding carboxylic acids is 4. The van der Waals surface area contributed by atoms with Crippen molar-refractivity contribution in [1.29, 1.82) is 0 Å². The number of rotatable bonds is 9. The molecule has 4 aliphatic rings. The Labute approximate surface area is 376 Å². The molecule has 2 aromatic carbocycles. The smallest absolute Gasteiger partial charge is 0.324 e. The van der Waals surface area contributed by atoms with E-state index in [-0.39, 0.29) is 36.7 Å². The molecule has 6 atom stereocenters. The fourth-order valence-corrected chi connectivity index (χ4v) is 10.6. The van der Waals surface area contributed by atoms with Crippen LogP contribution in [0.25, 0.3) is 33.3 Å². The zero-order chi connectivity index (χ0) is 45.7. The minimum atomic E-state index is -1.12. The first-order valence-electron chi connectivity index (χ1n) is 22.9. The highest BCUT2D eigenvalue weighted by Crippen LogP contribution is 2.46. The zero-order valence-electron chi connectivity index (χ0n) is 38.5. The van der Waals surface area contributed by atoms with Crippen LogP contribution in [0.5, 0.6) is 5.75 Å². The number of phenolic OH excluding ortho intramolecular Hbond substituents is 1. The Morgan fingerprint density at radius 1 is 1.09 bits per heavy atom. The number of likely N-dealkylation sites (N-methyl/N-ethyl adjacent to an activating group) is 1. The van der Waals surface area contributed by atoms with E-state index in [0.29, 0.717) is 63.3 Å². The topological polar surface area (TPSA) is 165 Å². The minimum Gasteiger partial charge on any atom is -0.508 e. The Morgan fingerprint density at radius 2 is 1.89 bits per heavy atom. The maximum absolute atomic E-state index is 14.7. The number of hydrogen-bond donors (Lipinski definition) is 3. The number of aryl methyl sites for hydroxylation is 1. The molecule has 1 aliphatic carbocycles. The molecule has 0 radical (unpaired) electrons. The van der Waals surface area contributed by atoms with E-state index in [2.05, 4.69) is 54.3 Å². The number of amides is 3. The number of nitrogens with zero attached hydrogens (tertiary/aromatic N) is 4. The van der Waals surface area contributed by atoms with Crippen molar-refractivity contribution in [3.8, 4) is 28.1 Å². The predicted molar refractivity (Wildman–Crippen MR) is 243 cm³/mol. The van der Waals surface area contributed by atoms with Gasteiger partial charge < -0.3 is 34.1 Å². The normalized spacial score (nSPS) is 24.3. The van der Waals surface area contributed by atoms with Gasteiger partial charge in [-0.3, -0.25) is 29.2 Å². The second-order valence-corrected chi connectivity index (χ2v) is 19.6. The van der Waals surface area contributed by atoms with E-state index >= 15 is 0 Å². The monoisotopic (exact) mass is 876 g/mol. The van der Waals surface area contributed by atoms with E-state index in [4.69, 9.17) is 19.2 Å². The summed E-state index contributed by atoms with van der Waals surface area (Å²) in [4.78, 5) is 63.5. The van der Waals surface area contributed by atoms with Crippen molar-refractivity contribution < 1.29 is 38.5 Å². The number of methoxy groups -OCH3 is 1. The molecule has 1 saturated carbocycles. The van der Waals surface area contributed by atoms with Crippen molar-refractivity contribution in [3.05, 3.63) is 71.5 Å². The zero-order valence-corrected chi connectivity index (χ0v) is 38.5. The van der Waals surface area contributed by atoms with Crippen molar-refractivity contribution in [2.24, 2.45) is 17.3 Å². The number of aromatic hydroxyl groups is 1. The fourth-order valence-electron chi connectivity index (χ4n) is 10.6. The van der Waals surface area contributed by atoms with E-state index in [0.717, 1.165) is 51.0 Å². The predicted octanol–water partition coefficient (Wildman–Crippen LogP) is 6.50. The maximum Gasteiger partial charge on any atom is 0.324 e. The molecule has 5 heterocycles. The van der Waals surface area contributed by atoms with Gasteiger partial charge in [0.05, 0.1) is 30.7 Å². The summed E-state index contributed by atoms with van der Waals surface area (Å²) < 4.78 is 20.3. The molecule has 3 fully saturated rings. The average molecular weight is 877 g/mol. The molecule has 2 aromatic heterocycles. The molecule has 4 aromatic rings. The van der Waals surface area contributed by atoms with Crippen LogP contribution in [0.2, 0.25) is 0 Å². The first-order valence-corrected chi connectivity index (χ1v) is 22.9. The summed E-state index contributed by atoms with van der Waals surface area (Å²) in [6, 6.07) is 12.8. The average Bonchev–Trinajstić information content (AvgIpc) is 3.99. The van der Waals surface area contributed by atoms with Gasteiger partial charge in [0, 0.05) is 61.7 Å². The van der Waals surface area contributed by atoms with Crippen molar-refractivity contribution in [3.63, 3.8) is 0 Å². The Kier molecular flexibility index (Phi) is 12.7. The number of ether oxygens (including phenoxy) is 3. The number of pyridine rings is 1. The Bertz CT molecular complexity index is 2440. The third-order valence-corrected chi connectivity index (χ3v) is 13.9. The van der Waals surface area contributed by atoms with Crippen LogP contribution < -0.4 is 10.7 Å². The Morgan fingerprint density at radius 3 is 2.58 bits per heavy atom. The highest BCUT2D eigenvalue weighted by Gasteiger charge is 2.54. The van der Waals surface area contributed by atoms with Gasteiger partial charge in [-0.05, 0) is 123 Å². The number of cyclic esters (lactones) is 1. The van der Waals surface area contributed by atoms with Crippen LogP contribution in [0, 0.1) is 17.3 Å². The quantitative estimate of drug-likeness (QED) is 0.158.